The number of hydrogen-bond acceptors (Lipinski definition) is 4. The molecule has 0 unspecified atom stereocenters. The van der Waals surface area contributed by atoms with Crippen molar-refractivity contribution in [2.75, 3.05) is 26.1 Å². The molecule has 1 saturated heterocycles. The molecule has 0 spiro atoms. The molecule has 0 aliphatic carbocycles. The molecule has 0 saturated carbocycles. The van der Waals surface area contributed by atoms with Crippen LogP contribution in [0.5, 0.6) is 5.75 Å². The minimum Gasteiger partial charge on any atom is -0.495 e. The van der Waals surface area contributed by atoms with E-state index in [4.69, 9.17) is 15.2 Å². The smallest absolute Gasteiger partial charge is 0.143 e. The van der Waals surface area contributed by atoms with Crippen LogP contribution in [0.15, 0.2) is 17.0 Å². The second kappa shape index (κ2) is 5.60. The first kappa shape index (κ1) is 12.5. The Bertz CT molecular complexity index is 394. The highest BCUT2D eigenvalue weighted by Gasteiger charge is 2.18. The van der Waals surface area contributed by atoms with Gasteiger partial charge in [0.25, 0.3) is 0 Å². The van der Waals surface area contributed by atoms with Gasteiger partial charge in [0, 0.05) is 29.4 Å². The lowest BCUT2D eigenvalue weighted by Crippen LogP contribution is -2.17. The summed E-state index contributed by atoms with van der Waals surface area (Å²) in [5.41, 5.74) is 5.97. The third-order valence-electron chi connectivity index (χ3n) is 2.75. The van der Waals surface area contributed by atoms with E-state index in [9.17, 15) is 4.39 Å². The second-order valence-corrected chi connectivity index (χ2v) is 5.30. The van der Waals surface area contributed by atoms with Gasteiger partial charge in [0.15, 0.2) is 0 Å². The minimum absolute atomic E-state index is 0.278. The molecule has 94 valence electrons. The Morgan fingerprint density at radius 2 is 2.12 bits per heavy atom. The molecule has 0 aromatic heterocycles. The summed E-state index contributed by atoms with van der Waals surface area (Å²) >= 11 is 1.54. The normalized spacial score (nSPS) is 17.1. The second-order valence-electron chi connectivity index (χ2n) is 3.95. The fourth-order valence-corrected chi connectivity index (χ4v) is 2.92. The fourth-order valence-electron chi connectivity index (χ4n) is 1.79. The van der Waals surface area contributed by atoms with Gasteiger partial charge in [0.2, 0.25) is 0 Å². The maximum Gasteiger partial charge on any atom is 0.143 e. The molecular formula is C12H16FNO2S. The number of anilines is 1. The first-order valence-corrected chi connectivity index (χ1v) is 6.46. The number of nitrogens with two attached hydrogens (primary N) is 1. The van der Waals surface area contributed by atoms with Gasteiger partial charge in [-0.2, -0.15) is 0 Å². The largest absolute Gasteiger partial charge is 0.495 e. The number of rotatable bonds is 3. The molecule has 1 aromatic carbocycles. The molecule has 1 aromatic rings. The Hall–Kier alpha value is -0.940. The highest BCUT2D eigenvalue weighted by Crippen LogP contribution is 2.36. The van der Waals surface area contributed by atoms with Crippen LogP contribution < -0.4 is 10.5 Å². The molecule has 5 heteroatoms. The molecule has 1 heterocycles. The van der Waals surface area contributed by atoms with E-state index >= 15 is 0 Å². The molecule has 2 rings (SSSR count). The van der Waals surface area contributed by atoms with E-state index in [1.807, 2.05) is 0 Å². The van der Waals surface area contributed by atoms with Crippen molar-refractivity contribution >= 4 is 17.4 Å². The van der Waals surface area contributed by atoms with E-state index in [2.05, 4.69) is 0 Å². The lowest BCUT2D eigenvalue weighted by atomic mass is 10.2. The van der Waals surface area contributed by atoms with Crippen molar-refractivity contribution in [1.82, 2.24) is 0 Å². The fraction of sp³-hybridized carbons (Fsp3) is 0.500. The average molecular weight is 257 g/mol. The average Bonchev–Trinajstić information content (AvgIpc) is 2.34. The summed E-state index contributed by atoms with van der Waals surface area (Å²) in [5, 5.41) is 0.409. The van der Waals surface area contributed by atoms with Gasteiger partial charge in [-0.3, -0.25) is 0 Å². The topological polar surface area (TPSA) is 44.5 Å². The number of halogens is 1. The molecule has 1 fully saturated rings. The summed E-state index contributed by atoms with van der Waals surface area (Å²) in [7, 11) is 1.53. The van der Waals surface area contributed by atoms with Crippen molar-refractivity contribution < 1.29 is 13.9 Å². The zero-order valence-corrected chi connectivity index (χ0v) is 10.6. The number of ether oxygens (including phenoxy) is 2. The number of hydrogen-bond donors (Lipinski definition) is 1. The zero-order chi connectivity index (χ0) is 12.3. The highest BCUT2D eigenvalue weighted by atomic mass is 32.2. The van der Waals surface area contributed by atoms with Crippen LogP contribution in [0.2, 0.25) is 0 Å². The van der Waals surface area contributed by atoms with Crippen molar-refractivity contribution in [3.63, 3.8) is 0 Å². The predicted molar refractivity (Wildman–Crippen MR) is 67.1 cm³/mol. The summed E-state index contributed by atoms with van der Waals surface area (Å²) in [6.45, 7) is 1.51. The summed E-state index contributed by atoms with van der Waals surface area (Å²) in [4.78, 5) is 0.600. The van der Waals surface area contributed by atoms with Crippen LogP contribution in [-0.4, -0.2) is 25.6 Å². The van der Waals surface area contributed by atoms with Crippen LogP contribution in [0.4, 0.5) is 10.1 Å². The number of nitrogen functional groups attached to an aromatic ring is 1. The summed E-state index contributed by atoms with van der Waals surface area (Å²) in [6, 6.07) is 2.99. The highest BCUT2D eigenvalue weighted by molar-refractivity contribution is 8.00. The van der Waals surface area contributed by atoms with Gasteiger partial charge in [-0.1, -0.05) is 0 Å². The van der Waals surface area contributed by atoms with Crippen molar-refractivity contribution in [3.8, 4) is 5.75 Å². The van der Waals surface area contributed by atoms with Crippen molar-refractivity contribution in [1.29, 1.82) is 0 Å². The zero-order valence-electron chi connectivity index (χ0n) is 9.74. The molecule has 3 nitrogen and oxygen atoms in total. The van der Waals surface area contributed by atoms with Gasteiger partial charge < -0.3 is 15.2 Å². The van der Waals surface area contributed by atoms with Gasteiger partial charge in [-0.25, -0.2) is 4.39 Å². The minimum atomic E-state index is -0.278. The first-order valence-electron chi connectivity index (χ1n) is 5.58. The molecule has 1 aliphatic rings. The summed E-state index contributed by atoms with van der Waals surface area (Å²) in [5.74, 6) is 0.251. The molecule has 17 heavy (non-hydrogen) atoms. The Balaban J connectivity index is 2.13. The molecular weight excluding hydrogens is 241 g/mol. The Kier molecular flexibility index (Phi) is 4.12. The Morgan fingerprint density at radius 3 is 2.76 bits per heavy atom. The number of benzene rings is 1. The van der Waals surface area contributed by atoms with Crippen LogP contribution in [0.25, 0.3) is 0 Å². The molecule has 0 atom stereocenters. The van der Waals surface area contributed by atoms with E-state index in [1.165, 1.54) is 24.9 Å². The standard InChI is InChI=1S/C12H16FNO2S/c1-15-11-7-12(9(13)6-10(11)14)17-8-2-4-16-5-3-8/h6-8H,2-5,14H2,1H3. The van der Waals surface area contributed by atoms with Gasteiger partial charge in [-0.15, -0.1) is 11.8 Å². The van der Waals surface area contributed by atoms with Gasteiger partial charge in [-0.05, 0) is 18.9 Å². The number of thioether (sulfide) groups is 1. The summed E-state index contributed by atoms with van der Waals surface area (Å²) in [6.07, 6.45) is 1.91. The molecule has 0 amide bonds. The van der Waals surface area contributed by atoms with Gasteiger partial charge >= 0.3 is 0 Å². The first-order chi connectivity index (χ1) is 8.20. The lowest BCUT2D eigenvalue weighted by molar-refractivity contribution is 0.1000. The van der Waals surface area contributed by atoms with Crippen LogP contribution >= 0.6 is 11.8 Å². The van der Waals surface area contributed by atoms with Crippen LogP contribution in [0, 0.1) is 5.82 Å². The molecule has 1 aliphatic heterocycles. The van der Waals surface area contributed by atoms with Crippen molar-refractivity contribution in [2.45, 2.75) is 23.0 Å². The van der Waals surface area contributed by atoms with Crippen LogP contribution in [0.1, 0.15) is 12.8 Å². The van der Waals surface area contributed by atoms with Crippen molar-refractivity contribution in [2.24, 2.45) is 0 Å². The van der Waals surface area contributed by atoms with E-state index in [0.29, 0.717) is 21.6 Å². The lowest BCUT2D eigenvalue weighted by Gasteiger charge is -2.22. The van der Waals surface area contributed by atoms with Crippen LogP contribution in [-0.2, 0) is 4.74 Å². The summed E-state index contributed by atoms with van der Waals surface area (Å²) < 4.78 is 24.1. The number of methoxy groups -OCH3 is 1. The quantitative estimate of drug-likeness (QED) is 0.846. The maximum absolute atomic E-state index is 13.7. The van der Waals surface area contributed by atoms with Crippen molar-refractivity contribution in [3.05, 3.63) is 17.9 Å². The monoisotopic (exact) mass is 257 g/mol. The Labute approximate surface area is 104 Å². The van der Waals surface area contributed by atoms with Gasteiger partial charge in [0.1, 0.15) is 11.6 Å². The van der Waals surface area contributed by atoms with E-state index in [0.717, 1.165) is 26.1 Å². The third kappa shape index (κ3) is 3.04. The molecule has 0 radical (unpaired) electrons. The molecule has 0 bridgehead atoms. The van der Waals surface area contributed by atoms with E-state index in [-0.39, 0.29) is 5.82 Å². The van der Waals surface area contributed by atoms with Gasteiger partial charge in [0.05, 0.1) is 12.8 Å². The predicted octanol–water partition coefficient (Wildman–Crippen LogP) is 2.69. The maximum atomic E-state index is 13.7. The Morgan fingerprint density at radius 1 is 1.41 bits per heavy atom. The van der Waals surface area contributed by atoms with E-state index in [1.54, 1.807) is 6.07 Å². The third-order valence-corrected chi connectivity index (χ3v) is 4.12. The SMILES string of the molecule is COc1cc(SC2CCOCC2)c(F)cc1N. The van der Waals surface area contributed by atoms with E-state index < -0.39 is 0 Å². The molecule has 2 N–H and O–H groups in total. The van der Waals surface area contributed by atoms with Crippen LogP contribution in [0.3, 0.4) is 0 Å².